The molecule has 1 atom stereocenters. The number of halogens is 1. The summed E-state index contributed by atoms with van der Waals surface area (Å²) in [5.41, 5.74) is 2.14. The summed E-state index contributed by atoms with van der Waals surface area (Å²) in [7, 11) is -2.85. The third kappa shape index (κ3) is 3.45. The van der Waals surface area contributed by atoms with Gasteiger partial charge in [0.15, 0.2) is 9.84 Å². The van der Waals surface area contributed by atoms with Crippen LogP contribution in [-0.4, -0.2) is 26.0 Å². The smallest absolute Gasteiger partial charge is 0.152 e. The molecule has 5 heteroatoms. The zero-order chi connectivity index (χ0) is 12.5. The lowest BCUT2D eigenvalue weighted by Gasteiger charge is -2.24. The monoisotopic (exact) mass is 317 g/mol. The summed E-state index contributed by atoms with van der Waals surface area (Å²) in [5, 5.41) is 3.32. The minimum Gasteiger partial charge on any atom is -0.380 e. The van der Waals surface area contributed by atoms with E-state index < -0.39 is 9.84 Å². The number of hydrogen-bond acceptors (Lipinski definition) is 3. The Balaban J connectivity index is 2.13. The number of anilines is 1. The molecule has 0 amide bonds. The van der Waals surface area contributed by atoms with Crippen molar-refractivity contribution in [2.45, 2.75) is 25.8 Å². The lowest BCUT2D eigenvalue weighted by atomic mass is 10.1. The highest BCUT2D eigenvalue weighted by atomic mass is 79.9. The Kier molecular flexibility index (Phi) is 3.78. The SMILES string of the molecule is Cc1ccc(Br)c(NC2CCCS(=O)(=O)C2)c1. The number of hydrogen-bond donors (Lipinski definition) is 1. The van der Waals surface area contributed by atoms with Gasteiger partial charge in [-0.3, -0.25) is 0 Å². The van der Waals surface area contributed by atoms with Gasteiger partial charge in [-0.15, -0.1) is 0 Å². The predicted octanol–water partition coefficient (Wildman–Crippen LogP) is 2.75. The first-order valence-corrected chi connectivity index (χ1v) is 8.31. The normalized spacial score (nSPS) is 23.3. The molecule has 94 valence electrons. The van der Waals surface area contributed by atoms with Gasteiger partial charge in [0, 0.05) is 16.2 Å². The summed E-state index contributed by atoms with van der Waals surface area (Å²) in [6.45, 7) is 2.02. The van der Waals surface area contributed by atoms with Gasteiger partial charge in [-0.1, -0.05) is 6.07 Å². The molecule has 3 nitrogen and oxygen atoms in total. The Morgan fingerprint density at radius 1 is 1.41 bits per heavy atom. The molecule has 0 saturated carbocycles. The largest absolute Gasteiger partial charge is 0.380 e. The number of aryl methyl sites for hydroxylation is 1. The van der Waals surface area contributed by atoms with Gasteiger partial charge in [0.1, 0.15) is 0 Å². The van der Waals surface area contributed by atoms with Crippen molar-refractivity contribution >= 4 is 31.5 Å². The molecule has 1 aliphatic rings. The van der Waals surface area contributed by atoms with Crippen molar-refractivity contribution in [3.05, 3.63) is 28.2 Å². The molecular formula is C12H16BrNO2S. The van der Waals surface area contributed by atoms with E-state index >= 15 is 0 Å². The van der Waals surface area contributed by atoms with Crippen LogP contribution in [0.4, 0.5) is 5.69 Å². The van der Waals surface area contributed by atoms with Crippen LogP contribution in [0, 0.1) is 6.92 Å². The summed E-state index contributed by atoms with van der Waals surface area (Å²) < 4.78 is 24.1. The zero-order valence-electron chi connectivity index (χ0n) is 9.74. The minimum absolute atomic E-state index is 0.0341. The van der Waals surface area contributed by atoms with E-state index in [9.17, 15) is 8.42 Å². The van der Waals surface area contributed by atoms with Crippen LogP contribution in [0.1, 0.15) is 18.4 Å². The van der Waals surface area contributed by atoms with Gasteiger partial charge in [-0.05, 0) is 53.4 Å². The molecular weight excluding hydrogens is 302 g/mol. The molecule has 0 bridgehead atoms. The fourth-order valence-corrected chi connectivity index (χ4v) is 4.10. The first-order chi connectivity index (χ1) is 7.96. The van der Waals surface area contributed by atoms with Crippen molar-refractivity contribution in [2.75, 3.05) is 16.8 Å². The first kappa shape index (κ1) is 12.9. The molecule has 17 heavy (non-hydrogen) atoms. The van der Waals surface area contributed by atoms with Crippen molar-refractivity contribution in [1.29, 1.82) is 0 Å². The average Bonchev–Trinajstić information content (AvgIpc) is 2.22. The second kappa shape index (κ2) is 4.98. The Hall–Kier alpha value is -0.550. The third-order valence-corrected chi connectivity index (χ3v) is 5.46. The minimum atomic E-state index is -2.85. The maximum Gasteiger partial charge on any atom is 0.152 e. The van der Waals surface area contributed by atoms with Gasteiger partial charge in [0.05, 0.1) is 11.5 Å². The highest BCUT2D eigenvalue weighted by Crippen LogP contribution is 2.26. The van der Waals surface area contributed by atoms with Crippen LogP contribution < -0.4 is 5.32 Å². The van der Waals surface area contributed by atoms with E-state index in [1.165, 1.54) is 0 Å². The highest BCUT2D eigenvalue weighted by molar-refractivity contribution is 9.10. The number of sulfone groups is 1. The van der Waals surface area contributed by atoms with Gasteiger partial charge in [-0.2, -0.15) is 0 Å². The molecule has 1 fully saturated rings. The molecule has 1 aliphatic heterocycles. The van der Waals surface area contributed by atoms with Crippen LogP contribution in [0.25, 0.3) is 0 Å². The van der Waals surface area contributed by atoms with Crippen molar-refractivity contribution in [1.82, 2.24) is 0 Å². The van der Waals surface area contributed by atoms with E-state index in [1.54, 1.807) is 0 Å². The summed E-state index contributed by atoms with van der Waals surface area (Å²) in [4.78, 5) is 0. The van der Waals surface area contributed by atoms with Gasteiger partial charge >= 0.3 is 0 Å². The van der Waals surface area contributed by atoms with E-state index in [0.29, 0.717) is 5.75 Å². The van der Waals surface area contributed by atoms with Crippen LogP contribution in [-0.2, 0) is 9.84 Å². The first-order valence-electron chi connectivity index (χ1n) is 5.69. The lowest BCUT2D eigenvalue weighted by Crippen LogP contribution is -2.34. The van der Waals surface area contributed by atoms with Crippen molar-refractivity contribution in [3.63, 3.8) is 0 Å². The average molecular weight is 318 g/mol. The summed E-state index contributed by atoms with van der Waals surface area (Å²) >= 11 is 3.47. The van der Waals surface area contributed by atoms with Gasteiger partial charge in [-0.25, -0.2) is 8.42 Å². The number of rotatable bonds is 2. The molecule has 1 aromatic carbocycles. The van der Waals surface area contributed by atoms with Crippen molar-refractivity contribution in [3.8, 4) is 0 Å². The summed E-state index contributed by atoms with van der Waals surface area (Å²) in [5.74, 6) is 0.577. The van der Waals surface area contributed by atoms with Crippen molar-refractivity contribution < 1.29 is 8.42 Å². The topological polar surface area (TPSA) is 46.2 Å². The van der Waals surface area contributed by atoms with Crippen molar-refractivity contribution in [2.24, 2.45) is 0 Å². The van der Waals surface area contributed by atoms with Crippen LogP contribution in [0.2, 0.25) is 0 Å². The zero-order valence-corrected chi connectivity index (χ0v) is 12.1. The Morgan fingerprint density at radius 2 is 2.18 bits per heavy atom. The fourth-order valence-electron chi connectivity index (χ4n) is 2.11. The van der Waals surface area contributed by atoms with Gasteiger partial charge < -0.3 is 5.32 Å². The lowest BCUT2D eigenvalue weighted by molar-refractivity contribution is 0.562. The molecule has 0 aromatic heterocycles. The summed E-state index contributed by atoms with van der Waals surface area (Å²) in [6, 6.07) is 6.07. The number of nitrogens with one attached hydrogen (secondary N) is 1. The highest BCUT2D eigenvalue weighted by Gasteiger charge is 2.24. The predicted molar refractivity (Wildman–Crippen MR) is 74.2 cm³/mol. The molecule has 0 spiro atoms. The molecule has 1 N–H and O–H groups in total. The van der Waals surface area contributed by atoms with Gasteiger partial charge in [0.2, 0.25) is 0 Å². The van der Waals surface area contributed by atoms with E-state index in [-0.39, 0.29) is 11.8 Å². The van der Waals surface area contributed by atoms with Crippen LogP contribution in [0.3, 0.4) is 0 Å². The molecule has 1 unspecified atom stereocenters. The molecule has 0 aliphatic carbocycles. The molecule has 0 radical (unpaired) electrons. The number of benzene rings is 1. The molecule has 1 saturated heterocycles. The molecule has 1 aromatic rings. The molecule has 1 heterocycles. The second-order valence-electron chi connectivity index (χ2n) is 4.58. The Labute approximate surface area is 111 Å². The Bertz CT molecular complexity index is 513. The van der Waals surface area contributed by atoms with E-state index in [1.807, 2.05) is 25.1 Å². The maximum absolute atomic E-state index is 11.6. The van der Waals surface area contributed by atoms with Crippen LogP contribution >= 0.6 is 15.9 Å². The maximum atomic E-state index is 11.6. The van der Waals surface area contributed by atoms with E-state index in [0.717, 1.165) is 28.6 Å². The van der Waals surface area contributed by atoms with E-state index in [2.05, 4.69) is 21.2 Å². The Morgan fingerprint density at radius 3 is 2.88 bits per heavy atom. The molecule has 2 rings (SSSR count). The quantitative estimate of drug-likeness (QED) is 0.912. The third-order valence-electron chi connectivity index (χ3n) is 2.94. The standard InChI is InChI=1S/C12H16BrNO2S/c1-9-4-5-11(13)12(7-9)14-10-3-2-6-17(15,16)8-10/h4-5,7,10,14H,2-3,6,8H2,1H3. The second-order valence-corrected chi connectivity index (χ2v) is 7.66. The fraction of sp³-hybridized carbons (Fsp3) is 0.500. The van der Waals surface area contributed by atoms with Crippen LogP contribution in [0.5, 0.6) is 0 Å². The van der Waals surface area contributed by atoms with E-state index in [4.69, 9.17) is 0 Å². The summed E-state index contributed by atoms with van der Waals surface area (Å²) in [6.07, 6.45) is 1.67. The van der Waals surface area contributed by atoms with Gasteiger partial charge in [0.25, 0.3) is 0 Å². The van der Waals surface area contributed by atoms with Crippen LogP contribution in [0.15, 0.2) is 22.7 Å².